The van der Waals surface area contributed by atoms with Gasteiger partial charge in [-0.05, 0) is 25.1 Å². The smallest absolute Gasteiger partial charge is 0.0623 e. The van der Waals surface area contributed by atoms with E-state index in [9.17, 15) is 0 Å². The van der Waals surface area contributed by atoms with Crippen LogP contribution in [-0.2, 0) is 0 Å². The molecule has 0 N–H and O–H groups in total. The summed E-state index contributed by atoms with van der Waals surface area (Å²) in [6, 6.07) is 16.0. The summed E-state index contributed by atoms with van der Waals surface area (Å²) in [6.45, 7) is 5.65. The highest BCUT2D eigenvalue weighted by Crippen LogP contribution is 1.92. The maximum Gasteiger partial charge on any atom is 0.0623 e. The molecule has 0 amide bonds. The Balaban J connectivity index is 0.000000151. The summed E-state index contributed by atoms with van der Waals surface area (Å²) >= 11 is 0. The van der Waals surface area contributed by atoms with Crippen molar-refractivity contribution in [3.8, 4) is 0 Å². The Bertz CT molecular complexity index is 379. The first-order chi connectivity index (χ1) is 7.33. The van der Waals surface area contributed by atoms with Crippen LogP contribution in [0.15, 0.2) is 61.3 Å². The van der Waals surface area contributed by atoms with Crippen molar-refractivity contribution < 1.29 is 0 Å². The van der Waals surface area contributed by atoms with E-state index in [2.05, 4.69) is 30.6 Å². The third-order valence-corrected chi connectivity index (χ3v) is 1.84. The van der Waals surface area contributed by atoms with Crippen molar-refractivity contribution in [3.05, 3.63) is 72.6 Å². The minimum atomic E-state index is 0.924. The minimum Gasteiger partial charge on any atom is -0.257 e. The van der Waals surface area contributed by atoms with Gasteiger partial charge in [0.1, 0.15) is 0 Å². The van der Waals surface area contributed by atoms with Crippen LogP contribution in [0, 0.1) is 6.92 Å². The second kappa shape index (κ2) is 6.55. The molecule has 15 heavy (non-hydrogen) atoms. The van der Waals surface area contributed by atoms with Crippen molar-refractivity contribution in [1.29, 1.82) is 0 Å². The molecule has 1 heterocycles. The maximum absolute atomic E-state index is 3.98. The predicted molar refractivity (Wildman–Crippen MR) is 65.5 cm³/mol. The molecule has 76 valence electrons. The van der Waals surface area contributed by atoms with Crippen LogP contribution in [0.4, 0.5) is 0 Å². The Kier molecular flexibility index (Phi) is 4.88. The molecule has 2 aromatic rings. The molecule has 1 nitrogen and oxygen atoms in total. The van der Waals surface area contributed by atoms with Gasteiger partial charge in [-0.1, -0.05) is 48.5 Å². The zero-order chi connectivity index (χ0) is 10.9. The lowest BCUT2D eigenvalue weighted by molar-refractivity contribution is 1.30. The molecule has 0 bridgehead atoms. The lowest BCUT2D eigenvalue weighted by Gasteiger charge is -1.84. The first-order valence-corrected chi connectivity index (χ1v) is 4.88. The van der Waals surface area contributed by atoms with E-state index in [4.69, 9.17) is 0 Å². The van der Waals surface area contributed by atoms with Crippen molar-refractivity contribution in [3.63, 3.8) is 0 Å². The zero-order valence-electron chi connectivity index (χ0n) is 8.93. The summed E-state index contributed by atoms with van der Waals surface area (Å²) < 4.78 is 0. The van der Waals surface area contributed by atoms with Crippen molar-refractivity contribution in [2.45, 2.75) is 6.92 Å². The lowest BCUT2D eigenvalue weighted by Crippen LogP contribution is -1.73. The van der Waals surface area contributed by atoms with Gasteiger partial charge in [0.05, 0.1) is 5.69 Å². The van der Waals surface area contributed by atoms with Gasteiger partial charge in [0.25, 0.3) is 0 Å². The summed E-state index contributed by atoms with van der Waals surface area (Å²) in [6.07, 6.45) is 3.47. The van der Waals surface area contributed by atoms with Crippen LogP contribution >= 0.6 is 0 Å². The molecule has 0 aliphatic carbocycles. The van der Waals surface area contributed by atoms with Crippen LogP contribution in [0.1, 0.15) is 11.3 Å². The molecule has 2 rings (SSSR count). The quantitative estimate of drug-likeness (QED) is 0.679. The fraction of sp³-hybridized carbons (Fsp3) is 0.0714. The van der Waals surface area contributed by atoms with Crippen LogP contribution < -0.4 is 0 Å². The summed E-state index contributed by atoms with van der Waals surface area (Å²) in [5.41, 5.74) is 2.25. The summed E-state index contributed by atoms with van der Waals surface area (Å²) in [5, 5.41) is 0. The SMILES string of the molecule is C=Cc1ccccn1.Cc1ccccc1. The molecule has 1 aromatic carbocycles. The van der Waals surface area contributed by atoms with E-state index in [0.717, 1.165) is 5.69 Å². The van der Waals surface area contributed by atoms with E-state index < -0.39 is 0 Å². The molecule has 0 radical (unpaired) electrons. The number of nitrogens with zero attached hydrogens (tertiary/aromatic N) is 1. The molecule has 0 saturated carbocycles. The highest BCUT2D eigenvalue weighted by molar-refractivity contribution is 5.40. The fourth-order valence-electron chi connectivity index (χ4n) is 1.03. The Morgan fingerprint density at radius 1 is 1.00 bits per heavy atom. The second-order valence-electron chi connectivity index (χ2n) is 3.11. The van der Waals surface area contributed by atoms with Gasteiger partial charge in [0.15, 0.2) is 0 Å². The zero-order valence-corrected chi connectivity index (χ0v) is 8.93. The first-order valence-electron chi connectivity index (χ1n) is 4.88. The van der Waals surface area contributed by atoms with Crippen LogP contribution in [0.25, 0.3) is 6.08 Å². The van der Waals surface area contributed by atoms with Gasteiger partial charge in [-0.3, -0.25) is 4.98 Å². The highest BCUT2D eigenvalue weighted by Gasteiger charge is 1.77. The van der Waals surface area contributed by atoms with Crippen LogP contribution in [-0.4, -0.2) is 4.98 Å². The highest BCUT2D eigenvalue weighted by atomic mass is 14.6. The van der Waals surface area contributed by atoms with Gasteiger partial charge in [0.2, 0.25) is 0 Å². The number of aromatic nitrogens is 1. The molecule has 0 aliphatic rings. The van der Waals surface area contributed by atoms with Gasteiger partial charge in [-0.25, -0.2) is 0 Å². The van der Waals surface area contributed by atoms with Gasteiger partial charge in [0, 0.05) is 6.20 Å². The molecule has 0 unspecified atom stereocenters. The monoisotopic (exact) mass is 197 g/mol. The van der Waals surface area contributed by atoms with E-state index in [0.29, 0.717) is 0 Å². The van der Waals surface area contributed by atoms with Crippen LogP contribution in [0.2, 0.25) is 0 Å². The van der Waals surface area contributed by atoms with Crippen LogP contribution in [0.5, 0.6) is 0 Å². The molecule has 0 aliphatic heterocycles. The minimum absolute atomic E-state index is 0.924. The molecule has 1 heteroatoms. The standard InChI is InChI=1S/C7H7N.C7H8/c1-2-7-5-3-4-6-8-7;1-7-5-3-2-4-6-7/h2-6H,1H2;2-6H,1H3. The molecule has 0 atom stereocenters. The first kappa shape index (κ1) is 11.2. The lowest BCUT2D eigenvalue weighted by atomic mass is 10.2. The molecule has 0 saturated heterocycles. The second-order valence-corrected chi connectivity index (χ2v) is 3.11. The number of aryl methyl sites for hydroxylation is 1. The van der Waals surface area contributed by atoms with Crippen molar-refractivity contribution in [2.75, 3.05) is 0 Å². The summed E-state index contributed by atoms with van der Waals surface area (Å²) in [7, 11) is 0. The third-order valence-electron chi connectivity index (χ3n) is 1.84. The Morgan fingerprint density at radius 2 is 1.67 bits per heavy atom. The Labute approximate surface area is 91.1 Å². The Morgan fingerprint density at radius 3 is 2.00 bits per heavy atom. The fourth-order valence-corrected chi connectivity index (χ4v) is 1.03. The van der Waals surface area contributed by atoms with E-state index in [1.165, 1.54) is 5.56 Å². The number of pyridine rings is 1. The van der Waals surface area contributed by atoms with Gasteiger partial charge < -0.3 is 0 Å². The van der Waals surface area contributed by atoms with Crippen molar-refractivity contribution in [1.82, 2.24) is 4.98 Å². The summed E-state index contributed by atoms with van der Waals surface area (Å²) in [5.74, 6) is 0. The maximum atomic E-state index is 3.98. The number of rotatable bonds is 1. The molecule has 1 aromatic heterocycles. The normalized spacial score (nSPS) is 8.60. The molecular weight excluding hydrogens is 182 g/mol. The average molecular weight is 197 g/mol. The van der Waals surface area contributed by atoms with E-state index >= 15 is 0 Å². The van der Waals surface area contributed by atoms with Gasteiger partial charge in [-0.2, -0.15) is 0 Å². The van der Waals surface area contributed by atoms with E-state index in [1.54, 1.807) is 12.3 Å². The van der Waals surface area contributed by atoms with Crippen LogP contribution in [0.3, 0.4) is 0 Å². The predicted octanol–water partition coefficient (Wildman–Crippen LogP) is 3.72. The molecule has 0 spiro atoms. The van der Waals surface area contributed by atoms with Gasteiger partial charge in [-0.15, -0.1) is 0 Å². The number of hydrogen-bond acceptors (Lipinski definition) is 1. The van der Waals surface area contributed by atoms with Crippen molar-refractivity contribution >= 4 is 6.08 Å². The largest absolute Gasteiger partial charge is 0.257 e. The van der Waals surface area contributed by atoms with E-state index in [-0.39, 0.29) is 0 Å². The summed E-state index contributed by atoms with van der Waals surface area (Å²) in [4.78, 5) is 3.98. The molecule has 0 fully saturated rings. The Hall–Kier alpha value is -1.89. The average Bonchev–Trinajstić information content (AvgIpc) is 2.32. The topological polar surface area (TPSA) is 12.9 Å². The third kappa shape index (κ3) is 4.77. The van der Waals surface area contributed by atoms with E-state index in [1.807, 2.05) is 36.4 Å². The number of benzene rings is 1. The molecular formula is C14H15N. The van der Waals surface area contributed by atoms with Gasteiger partial charge >= 0.3 is 0 Å². The van der Waals surface area contributed by atoms with Crippen molar-refractivity contribution in [2.24, 2.45) is 0 Å². The number of hydrogen-bond donors (Lipinski definition) is 0.